The molecule has 0 amide bonds. The van der Waals surface area contributed by atoms with E-state index in [9.17, 15) is 4.79 Å². The van der Waals surface area contributed by atoms with Crippen LogP contribution in [0.2, 0.25) is 0 Å². The Hall–Kier alpha value is -0.660. The standard InChI is InChI=1S/C9H17NO/c1-4-8(11)5-6-9(2,3)7-10/h7,10H,4-6H2,1-3H3. The number of carbonyl (C=O) groups is 1. The molecule has 0 rings (SSSR count). The first-order valence-corrected chi connectivity index (χ1v) is 4.05. The molecule has 64 valence electrons. The highest BCUT2D eigenvalue weighted by Gasteiger charge is 2.14. The van der Waals surface area contributed by atoms with E-state index >= 15 is 0 Å². The molecule has 0 aliphatic carbocycles. The molecule has 1 N–H and O–H groups in total. The van der Waals surface area contributed by atoms with Crippen molar-refractivity contribution in [2.45, 2.75) is 40.0 Å². The summed E-state index contributed by atoms with van der Waals surface area (Å²) in [7, 11) is 0. The zero-order valence-electron chi connectivity index (χ0n) is 7.61. The maximum Gasteiger partial charge on any atom is 0.132 e. The van der Waals surface area contributed by atoms with Gasteiger partial charge in [0.25, 0.3) is 0 Å². The minimum absolute atomic E-state index is 0.106. The molecule has 0 heterocycles. The third-order valence-electron chi connectivity index (χ3n) is 1.83. The van der Waals surface area contributed by atoms with E-state index in [1.807, 2.05) is 20.8 Å². The third-order valence-corrected chi connectivity index (χ3v) is 1.83. The lowest BCUT2D eigenvalue weighted by Crippen LogP contribution is -2.14. The van der Waals surface area contributed by atoms with Gasteiger partial charge >= 0.3 is 0 Å². The first kappa shape index (κ1) is 10.3. The SMILES string of the molecule is CCC(=O)CCC(C)(C)C=N. The van der Waals surface area contributed by atoms with Gasteiger partial charge in [-0.2, -0.15) is 0 Å². The van der Waals surface area contributed by atoms with Crippen LogP contribution in [-0.4, -0.2) is 12.0 Å². The largest absolute Gasteiger partial charge is 0.313 e. The molecule has 0 aromatic carbocycles. The maximum absolute atomic E-state index is 10.9. The predicted molar refractivity (Wildman–Crippen MR) is 47.1 cm³/mol. The lowest BCUT2D eigenvalue weighted by atomic mass is 9.88. The van der Waals surface area contributed by atoms with Crippen LogP contribution in [0.4, 0.5) is 0 Å². The van der Waals surface area contributed by atoms with E-state index in [2.05, 4.69) is 0 Å². The van der Waals surface area contributed by atoms with Gasteiger partial charge in [-0.3, -0.25) is 4.79 Å². The number of Topliss-reactive ketones (excluding diaryl/α,β-unsaturated/α-hetero) is 1. The monoisotopic (exact) mass is 155 g/mol. The summed E-state index contributed by atoms with van der Waals surface area (Å²) < 4.78 is 0. The van der Waals surface area contributed by atoms with Crippen LogP contribution < -0.4 is 0 Å². The number of ketones is 1. The summed E-state index contributed by atoms with van der Waals surface area (Å²) in [5, 5.41) is 7.07. The molecule has 11 heavy (non-hydrogen) atoms. The van der Waals surface area contributed by atoms with Crippen LogP contribution in [0.1, 0.15) is 40.0 Å². The number of rotatable bonds is 5. The number of hydrogen-bond acceptors (Lipinski definition) is 2. The zero-order valence-corrected chi connectivity index (χ0v) is 7.61. The van der Waals surface area contributed by atoms with Gasteiger partial charge in [-0.15, -0.1) is 0 Å². The molecule has 0 aromatic rings. The summed E-state index contributed by atoms with van der Waals surface area (Å²) in [5.41, 5.74) is -0.106. The lowest BCUT2D eigenvalue weighted by molar-refractivity contribution is -0.119. The Morgan fingerprint density at radius 1 is 1.55 bits per heavy atom. The van der Waals surface area contributed by atoms with Crippen molar-refractivity contribution in [2.24, 2.45) is 5.41 Å². The van der Waals surface area contributed by atoms with E-state index in [1.165, 1.54) is 6.21 Å². The number of hydrogen-bond donors (Lipinski definition) is 1. The Kier molecular flexibility index (Phi) is 4.01. The van der Waals surface area contributed by atoms with Crippen LogP contribution in [-0.2, 0) is 4.79 Å². The highest BCUT2D eigenvalue weighted by molar-refractivity contribution is 5.78. The minimum Gasteiger partial charge on any atom is -0.313 e. The van der Waals surface area contributed by atoms with Gasteiger partial charge in [0.15, 0.2) is 0 Å². The van der Waals surface area contributed by atoms with E-state index in [0.717, 1.165) is 6.42 Å². The summed E-state index contributed by atoms with van der Waals surface area (Å²) in [6, 6.07) is 0. The Morgan fingerprint density at radius 2 is 2.09 bits per heavy atom. The fourth-order valence-electron chi connectivity index (χ4n) is 0.711. The zero-order chi connectivity index (χ0) is 8.91. The Bertz CT molecular complexity index is 150. The van der Waals surface area contributed by atoms with Crippen molar-refractivity contribution in [1.82, 2.24) is 0 Å². The normalized spacial score (nSPS) is 11.2. The second-order valence-corrected chi connectivity index (χ2v) is 3.53. The highest BCUT2D eigenvalue weighted by Crippen LogP contribution is 2.19. The van der Waals surface area contributed by atoms with Gasteiger partial charge in [0, 0.05) is 19.1 Å². The topological polar surface area (TPSA) is 40.9 Å². The highest BCUT2D eigenvalue weighted by atomic mass is 16.1. The Morgan fingerprint density at radius 3 is 2.45 bits per heavy atom. The molecule has 0 spiro atoms. The molecule has 0 aliphatic heterocycles. The molecule has 0 unspecified atom stereocenters. The lowest BCUT2D eigenvalue weighted by Gasteiger charge is -2.16. The molecule has 0 saturated heterocycles. The molecule has 0 bridgehead atoms. The van der Waals surface area contributed by atoms with Crippen LogP contribution in [0.25, 0.3) is 0 Å². The van der Waals surface area contributed by atoms with Crippen LogP contribution in [0, 0.1) is 10.8 Å². The van der Waals surface area contributed by atoms with Crippen molar-refractivity contribution in [3.8, 4) is 0 Å². The molecular formula is C9H17NO. The van der Waals surface area contributed by atoms with Gasteiger partial charge in [0.05, 0.1) is 0 Å². The van der Waals surface area contributed by atoms with E-state index in [4.69, 9.17) is 5.41 Å². The van der Waals surface area contributed by atoms with Gasteiger partial charge in [0.2, 0.25) is 0 Å². The van der Waals surface area contributed by atoms with E-state index < -0.39 is 0 Å². The fraction of sp³-hybridized carbons (Fsp3) is 0.778. The van der Waals surface area contributed by atoms with Crippen molar-refractivity contribution >= 4 is 12.0 Å². The van der Waals surface area contributed by atoms with Crippen molar-refractivity contribution in [3.63, 3.8) is 0 Å². The molecule has 0 atom stereocenters. The Balaban J connectivity index is 3.69. The molecule has 2 nitrogen and oxygen atoms in total. The molecule has 0 saturated carbocycles. The quantitative estimate of drug-likeness (QED) is 0.608. The molecule has 0 aliphatic rings. The summed E-state index contributed by atoms with van der Waals surface area (Å²) in [6.45, 7) is 5.83. The van der Waals surface area contributed by atoms with Gasteiger partial charge in [0.1, 0.15) is 5.78 Å². The average Bonchev–Trinajstić information content (AvgIpc) is 2.00. The van der Waals surface area contributed by atoms with Gasteiger partial charge in [-0.05, 0) is 11.8 Å². The van der Waals surface area contributed by atoms with E-state index in [-0.39, 0.29) is 5.41 Å². The smallest absolute Gasteiger partial charge is 0.132 e. The number of nitrogens with one attached hydrogen (secondary N) is 1. The first-order valence-electron chi connectivity index (χ1n) is 4.05. The van der Waals surface area contributed by atoms with Crippen LogP contribution >= 0.6 is 0 Å². The van der Waals surface area contributed by atoms with Gasteiger partial charge in [-0.1, -0.05) is 20.8 Å². The first-order chi connectivity index (χ1) is 5.02. The van der Waals surface area contributed by atoms with Crippen molar-refractivity contribution in [2.75, 3.05) is 0 Å². The van der Waals surface area contributed by atoms with Crippen LogP contribution in [0.3, 0.4) is 0 Å². The van der Waals surface area contributed by atoms with Crippen molar-refractivity contribution in [3.05, 3.63) is 0 Å². The second kappa shape index (κ2) is 4.27. The summed E-state index contributed by atoms with van der Waals surface area (Å²) in [6.07, 6.45) is 3.44. The van der Waals surface area contributed by atoms with Gasteiger partial charge in [-0.25, -0.2) is 0 Å². The van der Waals surface area contributed by atoms with Gasteiger partial charge < -0.3 is 5.41 Å². The molecular weight excluding hydrogens is 138 g/mol. The number of carbonyl (C=O) groups excluding carboxylic acids is 1. The molecule has 0 aromatic heterocycles. The predicted octanol–water partition coefficient (Wildman–Crippen LogP) is 2.42. The fourth-order valence-corrected chi connectivity index (χ4v) is 0.711. The Labute approximate surface area is 68.5 Å². The van der Waals surface area contributed by atoms with Crippen LogP contribution in [0.5, 0.6) is 0 Å². The molecule has 0 radical (unpaired) electrons. The van der Waals surface area contributed by atoms with Crippen molar-refractivity contribution in [1.29, 1.82) is 5.41 Å². The summed E-state index contributed by atoms with van der Waals surface area (Å²) in [5.74, 6) is 0.292. The van der Waals surface area contributed by atoms with Crippen molar-refractivity contribution < 1.29 is 4.79 Å². The van der Waals surface area contributed by atoms with E-state index in [0.29, 0.717) is 18.6 Å². The summed E-state index contributed by atoms with van der Waals surface area (Å²) >= 11 is 0. The maximum atomic E-state index is 10.9. The summed E-state index contributed by atoms with van der Waals surface area (Å²) in [4.78, 5) is 10.9. The minimum atomic E-state index is -0.106. The van der Waals surface area contributed by atoms with Crippen LogP contribution in [0.15, 0.2) is 0 Å². The second-order valence-electron chi connectivity index (χ2n) is 3.53. The average molecular weight is 155 g/mol. The molecule has 2 heteroatoms. The van der Waals surface area contributed by atoms with E-state index in [1.54, 1.807) is 0 Å². The molecule has 0 fully saturated rings. The third kappa shape index (κ3) is 4.71.